The molecule has 0 heterocycles. The van der Waals surface area contributed by atoms with E-state index in [-0.39, 0.29) is 16.5 Å². The van der Waals surface area contributed by atoms with Gasteiger partial charge in [-0.25, -0.2) is 13.2 Å². The molecule has 0 unspecified atom stereocenters. The predicted octanol–water partition coefficient (Wildman–Crippen LogP) is 1.08. The Kier molecular flexibility index (Phi) is 4.54. The van der Waals surface area contributed by atoms with Crippen LogP contribution in [0.2, 0.25) is 0 Å². The summed E-state index contributed by atoms with van der Waals surface area (Å²) < 4.78 is 30.6. The van der Waals surface area contributed by atoms with Crippen molar-refractivity contribution in [2.75, 3.05) is 19.9 Å². The molecule has 0 spiro atoms. The minimum Gasteiger partial charge on any atom is -0.465 e. The lowest BCUT2D eigenvalue weighted by Gasteiger charge is -2.22. The molecule has 2 N–H and O–H groups in total. The van der Waals surface area contributed by atoms with Gasteiger partial charge in [0.15, 0.2) is 0 Å². The molecule has 7 heteroatoms. The summed E-state index contributed by atoms with van der Waals surface area (Å²) >= 11 is 0. The second-order valence-corrected chi connectivity index (χ2v) is 6.33. The Morgan fingerprint density at radius 2 is 1.95 bits per heavy atom. The molecule has 0 bridgehead atoms. The molecule has 0 aliphatic rings. The van der Waals surface area contributed by atoms with E-state index in [9.17, 15) is 13.2 Å². The highest BCUT2D eigenvalue weighted by Crippen LogP contribution is 2.23. The molecule has 0 saturated heterocycles. The van der Waals surface area contributed by atoms with E-state index in [2.05, 4.69) is 4.74 Å². The lowest BCUT2D eigenvalue weighted by atomic mass is 10.2. The van der Waals surface area contributed by atoms with Crippen molar-refractivity contribution in [3.63, 3.8) is 0 Å². The smallest absolute Gasteiger partial charge is 0.339 e. The van der Waals surface area contributed by atoms with Gasteiger partial charge in [0, 0.05) is 18.8 Å². The summed E-state index contributed by atoms with van der Waals surface area (Å²) in [5.41, 5.74) is 5.82. The largest absolute Gasteiger partial charge is 0.465 e. The molecule has 0 amide bonds. The third-order valence-corrected chi connectivity index (χ3v) is 4.88. The number of ether oxygens (including phenoxy) is 1. The van der Waals surface area contributed by atoms with Gasteiger partial charge < -0.3 is 10.5 Å². The van der Waals surface area contributed by atoms with Gasteiger partial charge in [-0.3, -0.25) is 0 Å². The molecule has 0 radical (unpaired) electrons. The van der Waals surface area contributed by atoms with E-state index in [0.717, 1.165) is 0 Å². The lowest BCUT2D eigenvalue weighted by molar-refractivity contribution is 0.0596. The van der Waals surface area contributed by atoms with Crippen molar-refractivity contribution in [1.29, 1.82) is 0 Å². The van der Waals surface area contributed by atoms with E-state index in [4.69, 9.17) is 5.73 Å². The van der Waals surface area contributed by atoms with Crippen LogP contribution in [0.1, 0.15) is 24.2 Å². The third-order valence-electron chi connectivity index (χ3n) is 2.79. The quantitative estimate of drug-likeness (QED) is 0.661. The fourth-order valence-corrected chi connectivity index (χ4v) is 3.00. The lowest BCUT2D eigenvalue weighted by Crippen LogP contribution is -2.34. The summed E-state index contributed by atoms with van der Waals surface area (Å²) in [6.45, 7) is 3.49. The van der Waals surface area contributed by atoms with Gasteiger partial charge in [0.05, 0.1) is 17.6 Å². The molecule has 0 aliphatic heterocycles. The van der Waals surface area contributed by atoms with Crippen molar-refractivity contribution in [1.82, 2.24) is 4.31 Å². The number of carbonyl (C=O) groups is 1. The van der Waals surface area contributed by atoms with E-state index >= 15 is 0 Å². The zero-order chi connectivity index (χ0) is 14.8. The van der Waals surface area contributed by atoms with Gasteiger partial charge in [-0.2, -0.15) is 4.31 Å². The molecule has 0 saturated carbocycles. The summed E-state index contributed by atoms with van der Waals surface area (Å²) in [5.74, 6) is -0.733. The Labute approximate surface area is 113 Å². The summed E-state index contributed by atoms with van der Waals surface area (Å²) in [4.78, 5) is 11.6. The molecule has 1 aromatic rings. The van der Waals surface area contributed by atoms with E-state index in [1.807, 2.05) is 0 Å². The van der Waals surface area contributed by atoms with Crippen LogP contribution in [0.3, 0.4) is 0 Å². The molecule has 6 nitrogen and oxygen atoms in total. The summed E-state index contributed by atoms with van der Waals surface area (Å²) in [5, 5.41) is 0. The highest BCUT2D eigenvalue weighted by atomic mass is 32.2. The van der Waals surface area contributed by atoms with E-state index < -0.39 is 16.0 Å². The SMILES string of the molecule is COC(=O)c1cc(N)ccc1S(=O)(=O)N(C)C(C)C. The van der Waals surface area contributed by atoms with Crippen molar-refractivity contribution in [2.24, 2.45) is 0 Å². The number of hydrogen-bond acceptors (Lipinski definition) is 5. The standard InChI is InChI=1S/C12H18N2O4S/c1-8(2)14(3)19(16,17)11-6-5-9(13)7-10(11)12(15)18-4/h5-8H,13H2,1-4H3. The Balaban J connectivity index is 3.47. The van der Waals surface area contributed by atoms with E-state index in [1.165, 1.54) is 36.7 Å². The van der Waals surface area contributed by atoms with Crippen molar-refractivity contribution in [3.05, 3.63) is 23.8 Å². The van der Waals surface area contributed by atoms with Gasteiger partial charge in [-0.15, -0.1) is 0 Å². The first-order valence-electron chi connectivity index (χ1n) is 5.67. The number of nitrogens with two attached hydrogens (primary N) is 1. The van der Waals surface area contributed by atoms with Crippen LogP contribution in [0.5, 0.6) is 0 Å². The van der Waals surface area contributed by atoms with E-state index in [1.54, 1.807) is 13.8 Å². The van der Waals surface area contributed by atoms with Crippen molar-refractivity contribution in [3.8, 4) is 0 Å². The summed E-state index contributed by atoms with van der Waals surface area (Å²) in [7, 11) is -1.12. The molecule has 1 aromatic carbocycles. The van der Waals surface area contributed by atoms with Crippen LogP contribution in [0.15, 0.2) is 23.1 Å². The first-order chi connectivity index (χ1) is 8.71. The Hall–Kier alpha value is -1.60. The van der Waals surface area contributed by atoms with Crippen LogP contribution in [0, 0.1) is 0 Å². The molecule has 0 atom stereocenters. The molecule has 1 rings (SSSR count). The fraction of sp³-hybridized carbons (Fsp3) is 0.417. The minimum atomic E-state index is -3.76. The van der Waals surface area contributed by atoms with Crippen LogP contribution in [0.4, 0.5) is 5.69 Å². The number of hydrogen-bond donors (Lipinski definition) is 1. The fourth-order valence-electron chi connectivity index (χ4n) is 1.47. The van der Waals surface area contributed by atoms with Gasteiger partial charge in [0.1, 0.15) is 0 Å². The molecule has 0 aliphatic carbocycles. The second kappa shape index (κ2) is 5.58. The highest BCUT2D eigenvalue weighted by Gasteiger charge is 2.28. The summed E-state index contributed by atoms with van der Waals surface area (Å²) in [6.07, 6.45) is 0. The second-order valence-electron chi connectivity index (χ2n) is 4.36. The topological polar surface area (TPSA) is 89.7 Å². The van der Waals surface area contributed by atoms with Gasteiger partial charge in [-0.05, 0) is 32.0 Å². The number of anilines is 1. The van der Waals surface area contributed by atoms with Crippen LogP contribution in [-0.4, -0.2) is 38.9 Å². The highest BCUT2D eigenvalue weighted by molar-refractivity contribution is 7.89. The maximum absolute atomic E-state index is 12.4. The number of benzene rings is 1. The Morgan fingerprint density at radius 1 is 1.37 bits per heavy atom. The van der Waals surface area contributed by atoms with Crippen LogP contribution in [0.25, 0.3) is 0 Å². The van der Waals surface area contributed by atoms with Gasteiger partial charge in [0.25, 0.3) is 0 Å². The average Bonchev–Trinajstić information content (AvgIpc) is 2.36. The monoisotopic (exact) mass is 286 g/mol. The molecule has 106 valence electrons. The number of esters is 1. The molecule has 0 aromatic heterocycles. The van der Waals surface area contributed by atoms with Crippen LogP contribution >= 0.6 is 0 Å². The van der Waals surface area contributed by atoms with Gasteiger partial charge in [0.2, 0.25) is 10.0 Å². The van der Waals surface area contributed by atoms with Crippen LogP contribution in [-0.2, 0) is 14.8 Å². The average molecular weight is 286 g/mol. The van der Waals surface area contributed by atoms with Gasteiger partial charge >= 0.3 is 5.97 Å². The summed E-state index contributed by atoms with van der Waals surface area (Å²) in [6, 6.07) is 3.82. The number of rotatable bonds is 4. The number of nitrogen functional groups attached to an aromatic ring is 1. The molecular weight excluding hydrogens is 268 g/mol. The molecule has 0 fully saturated rings. The normalized spacial score (nSPS) is 11.9. The zero-order valence-electron chi connectivity index (χ0n) is 11.4. The first kappa shape index (κ1) is 15.5. The third kappa shape index (κ3) is 3.05. The van der Waals surface area contributed by atoms with Gasteiger partial charge in [-0.1, -0.05) is 0 Å². The maximum Gasteiger partial charge on any atom is 0.339 e. The first-order valence-corrected chi connectivity index (χ1v) is 7.11. The van der Waals surface area contributed by atoms with Crippen LogP contribution < -0.4 is 5.73 Å². The Morgan fingerprint density at radius 3 is 2.42 bits per heavy atom. The van der Waals surface area contributed by atoms with E-state index in [0.29, 0.717) is 5.69 Å². The number of nitrogens with zero attached hydrogens (tertiary/aromatic N) is 1. The van der Waals surface area contributed by atoms with Crippen molar-refractivity contribution in [2.45, 2.75) is 24.8 Å². The predicted molar refractivity (Wildman–Crippen MR) is 72.3 cm³/mol. The molecular formula is C12H18N2O4S. The maximum atomic E-state index is 12.4. The number of methoxy groups -OCH3 is 1. The minimum absolute atomic E-state index is 0.0602. The van der Waals surface area contributed by atoms with Crippen molar-refractivity contribution < 1.29 is 17.9 Å². The Bertz CT molecular complexity index is 581. The van der Waals surface area contributed by atoms with Crippen molar-refractivity contribution >= 4 is 21.7 Å². The zero-order valence-corrected chi connectivity index (χ0v) is 12.2. The number of carbonyl (C=O) groups excluding carboxylic acids is 1. The number of sulfonamides is 1. The molecule has 19 heavy (non-hydrogen) atoms.